The van der Waals surface area contributed by atoms with E-state index in [1.807, 2.05) is 0 Å². The molecule has 0 aliphatic rings. The maximum absolute atomic E-state index is 12.4. The molecular weight excluding hydrogens is 394 g/mol. The van der Waals surface area contributed by atoms with E-state index in [1.165, 1.54) is 18.3 Å². The lowest BCUT2D eigenvalue weighted by atomic mass is 10.2. The molecule has 7 nitrogen and oxygen atoms in total. The first-order chi connectivity index (χ1) is 13.8. The second kappa shape index (κ2) is 8.70. The lowest BCUT2D eigenvalue weighted by Crippen LogP contribution is -2.24. The summed E-state index contributed by atoms with van der Waals surface area (Å²) < 4.78 is 5.11. The zero-order valence-corrected chi connectivity index (χ0v) is 16.5. The van der Waals surface area contributed by atoms with E-state index in [4.69, 9.17) is 16.3 Å². The van der Waals surface area contributed by atoms with Crippen molar-refractivity contribution in [2.75, 3.05) is 5.32 Å². The first-order valence-electron chi connectivity index (χ1n) is 8.81. The molecule has 0 unspecified atom stereocenters. The van der Waals surface area contributed by atoms with Crippen molar-refractivity contribution in [1.82, 2.24) is 9.97 Å². The van der Waals surface area contributed by atoms with Crippen LogP contribution in [0.1, 0.15) is 34.6 Å². The van der Waals surface area contributed by atoms with Crippen LogP contribution in [-0.4, -0.2) is 27.9 Å². The highest BCUT2D eigenvalue weighted by atomic mass is 35.5. The van der Waals surface area contributed by atoms with E-state index < -0.39 is 17.4 Å². The Bertz CT molecular complexity index is 1090. The predicted octanol–water partition coefficient (Wildman–Crippen LogP) is 3.91. The first-order valence-corrected chi connectivity index (χ1v) is 9.19. The van der Waals surface area contributed by atoms with Crippen molar-refractivity contribution in [2.24, 2.45) is 0 Å². The number of nitrogens with one attached hydrogen (secondary N) is 2. The van der Waals surface area contributed by atoms with Gasteiger partial charge in [-0.25, -0.2) is 9.78 Å². The van der Waals surface area contributed by atoms with Crippen molar-refractivity contribution < 1.29 is 14.3 Å². The summed E-state index contributed by atoms with van der Waals surface area (Å²) in [7, 11) is 0. The van der Waals surface area contributed by atoms with Crippen LogP contribution < -0.4 is 10.9 Å². The van der Waals surface area contributed by atoms with Crippen molar-refractivity contribution in [2.45, 2.75) is 20.0 Å². The predicted molar refractivity (Wildman–Crippen MR) is 110 cm³/mol. The summed E-state index contributed by atoms with van der Waals surface area (Å²) in [4.78, 5) is 43.3. The Hall–Kier alpha value is -3.45. The van der Waals surface area contributed by atoms with E-state index in [0.717, 1.165) is 0 Å². The lowest BCUT2D eigenvalue weighted by molar-refractivity contribution is 0.0378. The normalized spacial score (nSPS) is 10.6. The fourth-order valence-electron chi connectivity index (χ4n) is 2.48. The van der Waals surface area contributed by atoms with Gasteiger partial charge in [0.25, 0.3) is 11.5 Å². The largest absolute Gasteiger partial charge is 0.459 e. The highest BCUT2D eigenvalue weighted by Gasteiger charge is 2.14. The van der Waals surface area contributed by atoms with Crippen molar-refractivity contribution in [3.63, 3.8) is 0 Å². The Kier molecular flexibility index (Phi) is 6.09. The summed E-state index contributed by atoms with van der Waals surface area (Å²) in [5.41, 5.74) is 0.758. The highest BCUT2D eigenvalue weighted by Crippen LogP contribution is 2.17. The number of hydrogen-bond acceptors (Lipinski definition) is 5. The number of aromatic amines is 1. The van der Waals surface area contributed by atoms with Crippen LogP contribution in [0.15, 0.2) is 59.5 Å². The van der Waals surface area contributed by atoms with Gasteiger partial charge in [0, 0.05) is 22.5 Å². The van der Waals surface area contributed by atoms with Crippen LogP contribution in [0.5, 0.6) is 0 Å². The zero-order chi connectivity index (χ0) is 21.0. The number of nitrogens with zero attached hydrogens (tertiary/aromatic N) is 1. The number of carbonyl (C=O) groups is 2. The molecule has 0 aliphatic carbocycles. The van der Waals surface area contributed by atoms with Gasteiger partial charge in [-0.15, -0.1) is 0 Å². The Balaban J connectivity index is 1.73. The molecule has 1 aromatic heterocycles. The van der Waals surface area contributed by atoms with Gasteiger partial charge in [0.2, 0.25) is 0 Å². The molecular formula is C21H18ClN3O4. The maximum Gasteiger partial charge on any atom is 0.338 e. The molecule has 0 bridgehead atoms. The molecule has 3 aromatic rings. The van der Waals surface area contributed by atoms with E-state index in [1.54, 1.807) is 50.2 Å². The Morgan fingerprint density at radius 1 is 1.07 bits per heavy atom. The molecule has 1 heterocycles. The molecule has 2 N–H and O–H groups in total. The van der Waals surface area contributed by atoms with Crippen molar-refractivity contribution in [1.29, 1.82) is 0 Å². The molecule has 3 rings (SSSR count). The van der Waals surface area contributed by atoms with Gasteiger partial charge < -0.3 is 15.0 Å². The van der Waals surface area contributed by atoms with E-state index in [9.17, 15) is 14.4 Å². The summed E-state index contributed by atoms with van der Waals surface area (Å²) >= 11 is 5.85. The van der Waals surface area contributed by atoms with Gasteiger partial charge in [0.15, 0.2) is 0 Å². The minimum Gasteiger partial charge on any atom is -0.459 e. The number of benzene rings is 2. The van der Waals surface area contributed by atoms with E-state index >= 15 is 0 Å². The number of rotatable bonds is 5. The number of H-pyrrole nitrogens is 1. The summed E-state index contributed by atoms with van der Waals surface area (Å²) in [6.07, 6.45) is 0.990. The minimum atomic E-state index is -0.612. The van der Waals surface area contributed by atoms with Crippen LogP contribution in [0.25, 0.3) is 11.4 Å². The van der Waals surface area contributed by atoms with Crippen molar-refractivity contribution in [3.8, 4) is 11.4 Å². The molecule has 0 fully saturated rings. The van der Waals surface area contributed by atoms with Gasteiger partial charge in [-0.2, -0.15) is 0 Å². The molecule has 148 valence electrons. The van der Waals surface area contributed by atoms with Gasteiger partial charge >= 0.3 is 5.97 Å². The van der Waals surface area contributed by atoms with Crippen LogP contribution in [0.4, 0.5) is 5.69 Å². The summed E-state index contributed by atoms with van der Waals surface area (Å²) in [5, 5.41) is 3.17. The zero-order valence-electron chi connectivity index (χ0n) is 15.7. The number of halogens is 1. The topological polar surface area (TPSA) is 101 Å². The van der Waals surface area contributed by atoms with Gasteiger partial charge in [-0.3, -0.25) is 9.59 Å². The fraction of sp³-hybridized carbons (Fsp3) is 0.143. The Morgan fingerprint density at radius 2 is 1.72 bits per heavy atom. The summed E-state index contributed by atoms with van der Waals surface area (Å²) in [6, 6.07) is 13.0. The lowest BCUT2D eigenvalue weighted by Gasteiger charge is -2.09. The molecule has 0 saturated carbocycles. The van der Waals surface area contributed by atoms with Crippen LogP contribution in [0, 0.1) is 0 Å². The molecule has 0 spiro atoms. The second-order valence-corrected chi connectivity index (χ2v) is 6.90. The third kappa shape index (κ3) is 5.08. The SMILES string of the molecule is CC(C)OC(=O)c1ccc(NC(=O)c2cnc(-c3ccc(Cl)cc3)[nH]c2=O)cc1. The number of esters is 1. The maximum atomic E-state index is 12.4. The van der Waals surface area contributed by atoms with Crippen LogP contribution >= 0.6 is 11.6 Å². The van der Waals surface area contributed by atoms with E-state index in [2.05, 4.69) is 15.3 Å². The van der Waals surface area contributed by atoms with Gasteiger partial charge in [0.1, 0.15) is 11.4 Å². The number of amides is 1. The molecule has 29 heavy (non-hydrogen) atoms. The molecule has 0 atom stereocenters. The first kappa shape index (κ1) is 20.3. The molecule has 8 heteroatoms. The molecule has 1 amide bonds. The fourth-order valence-corrected chi connectivity index (χ4v) is 2.61. The molecule has 0 radical (unpaired) electrons. The highest BCUT2D eigenvalue weighted by molar-refractivity contribution is 6.30. The number of aromatic nitrogens is 2. The standard InChI is InChI=1S/C21H18ClN3O4/c1-12(2)29-21(28)14-5-9-16(10-6-14)24-19(26)17-11-23-18(25-20(17)27)13-3-7-15(22)8-4-13/h3-12H,1-2H3,(H,24,26)(H,23,25,27). The van der Waals surface area contributed by atoms with E-state index in [-0.39, 0.29) is 11.7 Å². The number of hydrogen-bond donors (Lipinski definition) is 2. The Morgan fingerprint density at radius 3 is 2.31 bits per heavy atom. The average molecular weight is 412 g/mol. The molecule has 2 aromatic carbocycles. The van der Waals surface area contributed by atoms with Crippen molar-refractivity contribution >= 4 is 29.2 Å². The van der Waals surface area contributed by atoms with Gasteiger partial charge in [-0.1, -0.05) is 11.6 Å². The average Bonchev–Trinajstić information content (AvgIpc) is 2.68. The second-order valence-electron chi connectivity index (χ2n) is 6.47. The van der Waals surface area contributed by atoms with Crippen LogP contribution in [-0.2, 0) is 4.74 Å². The quantitative estimate of drug-likeness (QED) is 0.620. The minimum absolute atomic E-state index is 0.133. The van der Waals surface area contributed by atoms with Crippen LogP contribution in [0.3, 0.4) is 0 Å². The third-order valence-corrected chi connectivity index (χ3v) is 4.13. The Labute approximate surface area is 171 Å². The van der Waals surface area contributed by atoms with Crippen LogP contribution in [0.2, 0.25) is 5.02 Å². The number of ether oxygens (including phenoxy) is 1. The smallest absolute Gasteiger partial charge is 0.338 e. The molecule has 0 aliphatic heterocycles. The summed E-state index contributed by atoms with van der Waals surface area (Å²) in [6.45, 7) is 3.52. The number of anilines is 1. The van der Waals surface area contributed by atoms with E-state index in [0.29, 0.717) is 27.7 Å². The summed E-state index contributed by atoms with van der Waals surface area (Å²) in [5.74, 6) is -0.730. The third-order valence-electron chi connectivity index (χ3n) is 3.88. The number of carbonyl (C=O) groups excluding carboxylic acids is 2. The van der Waals surface area contributed by atoms with Crippen molar-refractivity contribution in [3.05, 3.63) is 81.2 Å². The monoisotopic (exact) mass is 411 g/mol. The molecule has 0 saturated heterocycles. The van der Waals surface area contributed by atoms with Gasteiger partial charge in [0.05, 0.1) is 11.7 Å². The van der Waals surface area contributed by atoms with Gasteiger partial charge in [-0.05, 0) is 62.4 Å².